The van der Waals surface area contributed by atoms with Gasteiger partial charge in [-0.15, -0.1) is 11.3 Å². The summed E-state index contributed by atoms with van der Waals surface area (Å²) in [6, 6.07) is 49.6. The third-order valence-corrected chi connectivity index (χ3v) is 17.5. The smallest absolute Gasteiger partial charge is 0.198 e. The molecule has 0 atom stereocenters. The average Bonchev–Trinajstić information content (AvgIpc) is 3.93. The number of anilines is 2. The molecule has 334 valence electrons. The molecule has 9 aromatic rings. The minimum atomic E-state index is -0.263. The molecule has 67 heavy (non-hydrogen) atoms. The summed E-state index contributed by atoms with van der Waals surface area (Å²) in [5.74, 6) is 0. The first-order chi connectivity index (χ1) is 31.7. The van der Waals surface area contributed by atoms with Gasteiger partial charge >= 0.3 is 0 Å². The van der Waals surface area contributed by atoms with Gasteiger partial charge in [0.1, 0.15) is 0 Å². The highest BCUT2D eigenvalue weighted by molar-refractivity contribution is 7.22. The molecule has 0 saturated heterocycles. The molecule has 0 unspecified atom stereocenters. The van der Waals surface area contributed by atoms with Crippen LogP contribution in [0.4, 0.5) is 11.4 Å². The topological polar surface area (TPSA) is 17.0 Å². The normalized spacial score (nSPS) is 16.4. The Morgan fingerprint density at radius 1 is 0.612 bits per heavy atom. The van der Waals surface area contributed by atoms with E-state index in [4.69, 9.17) is 0 Å². The van der Waals surface area contributed by atoms with Gasteiger partial charge in [-0.1, -0.05) is 167 Å². The number of aromatic nitrogens is 1. The lowest BCUT2D eigenvalue weighted by atomic mass is 9.56. The van der Waals surface area contributed by atoms with Crippen LogP contribution in [0.15, 0.2) is 127 Å². The zero-order valence-corrected chi connectivity index (χ0v) is 42.4. The van der Waals surface area contributed by atoms with Gasteiger partial charge < -0.3 is 9.88 Å². The molecule has 1 aliphatic heterocycles. The summed E-state index contributed by atoms with van der Waals surface area (Å²) in [5.41, 5.74) is 24.3. The quantitative estimate of drug-likeness (QED) is 0.174. The molecule has 2 aromatic heterocycles. The van der Waals surface area contributed by atoms with Crippen molar-refractivity contribution < 1.29 is 0 Å². The Bertz CT molecular complexity index is 3540. The lowest BCUT2D eigenvalue weighted by molar-refractivity contribution is 0.332. The van der Waals surface area contributed by atoms with Crippen molar-refractivity contribution in [2.75, 3.05) is 5.32 Å². The van der Waals surface area contributed by atoms with E-state index >= 15 is 0 Å². The Balaban J connectivity index is 1.24. The molecule has 12 rings (SSSR count). The van der Waals surface area contributed by atoms with Crippen LogP contribution >= 0.6 is 11.3 Å². The predicted octanol–water partition coefficient (Wildman–Crippen LogP) is 16.0. The molecule has 7 aromatic carbocycles. The number of benzene rings is 7. The van der Waals surface area contributed by atoms with Crippen LogP contribution in [0.5, 0.6) is 0 Å². The van der Waals surface area contributed by atoms with Crippen LogP contribution in [0, 0.1) is 0 Å². The highest BCUT2D eigenvalue weighted by atomic mass is 32.1. The van der Waals surface area contributed by atoms with E-state index in [9.17, 15) is 0 Å². The summed E-state index contributed by atoms with van der Waals surface area (Å²) in [7, 11) is 0.849. The van der Waals surface area contributed by atoms with Crippen LogP contribution in [0.25, 0.3) is 70.3 Å². The van der Waals surface area contributed by atoms with Crippen LogP contribution in [-0.2, 0) is 27.1 Å². The molecule has 0 spiro atoms. The molecule has 4 heteroatoms. The van der Waals surface area contributed by atoms with Gasteiger partial charge in [0.15, 0.2) is 7.28 Å². The maximum absolute atomic E-state index is 4.14. The minimum absolute atomic E-state index is 0.00381. The van der Waals surface area contributed by atoms with Crippen molar-refractivity contribution in [3.8, 4) is 38.4 Å². The molecule has 0 bridgehead atoms. The number of nitrogens with zero attached hydrogens (tertiary/aromatic N) is 1. The minimum Gasteiger partial charge on any atom is -0.355 e. The fourth-order valence-electron chi connectivity index (χ4n) is 12.4. The van der Waals surface area contributed by atoms with Gasteiger partial charge in [-0.2, -0.15) is 0 Å². The monoisotopic (exact) mass is 890 g/mol. The first-order valence-electron chi connectivity index (χ1n) is 24.7. The van der Waals surface area contributed by atoms with Crippen molar-refractivity contribution in [2.45, 2.75) is 123 Å². The van der Waals surface area contributed by atoms with Crippen molar-refractivity contribution in [3.05, 3.63) is 161 Å². The number of thiophene rings is 1. The number of hydrogen-bond donors (Lipinski definition) is 1. The molecule has 2 nitrogen and oxygen atoms in total. The average molecular weight is 891 g/mol. The first kappa shape index (κ1) is 42.5. The summed E-state index contributed by atoms with van der Waals surface area (Å²) in [4.78, 5) is 1.32. The van der Waals surface area contributed by atoms with Crippen LogP contribution in [0.1, 0.15) is 129 Å². The second kappa shape index (κ2) is 14.1. The molecule has 0 fully saturated rings. The summed E-state index contributed by atoms with van der Waals surface area (Å²) in [6.45, 7) is 28.9. The second-order valence-electron chi connectivity index (χ2n) is 24.2. The Hall–Kier alpha value is -5.84. The van der Waals surface area contributed by atoms with E-state index in [1.807, 2.05) is 11.3 Å². The summed E-state index contributed by atoms with van der Waals surface area (Å²) < 4.78 is 4.02. The van der Waals surface area contributed by atoms with E-state index in [0.717, 1.165) is 25.8 Å². The molecule has 2 aliphatic carbocycles. The van der Waals surface area contributed by atoms with E-state index < -0.39 is 0 Å². The van der Waals surface area contributed by atoms with Gasteiger partial charge in [0, 0.05) is 53.9 Å². The third-order valence-electron chi connectivity index (χ3n) is 16.3. The van der Waals surface area contributed by atoms with Gasteiger partial charge in [-0.25, -0.2) is 0 Å². The van der Waals surface area contributed by atoms with Gasteiger partial charge in [0.25, 0.3) is 0 Å². The Labute approximate surface area is 402 Å². The van der Waals surface area contributed by atoms with Gasteiger partial charge in [0.05, 0.1) is 5.52 Å². The SMILES string of the molecule is CC(C)(C)c1ccc(Nc2cc3c(cc2-c2c4c(c5c6cc(C(C)(C)C)ccc6n6c5c2Bc2cc5cc(-c7ccccc7)sc5cc2-6)-c2ccccc2C4(C)C)C(C)(C)CCC3(C)C)cc1. The largest absolute Gasteiger partial charge is 0.355 e. The number of rotatable bonds is 4. The molecule has 1 N–H and O–H groups in total. The highest BCUT2D eigenvalue weighted by Crippen LogP contribution is 2.58. The van der Waals surface area contributed by atoms with E-state index in [1.165, 1.54) is 120 Å². The maximum atomic E-state index is 4.14. The van der Waals surface area contributed by atoms with Gasteiger partial charge in [-0.05, 0) is 150 Å². The molecule has 3 heterocycles. The standard InChI is InChI=1S/C63H63BN2S/c1-59(2,3)38-22-25-40(26-23-38)65-48-34-46-45(61(7,8)28-29-62(46,9)10)33-42(48)55-56-53(41-20-16-17-21-44(41)63(56,11)12)54-43-32-39(60(4,5)6)24-27-49(43)66-50-35-52-37(30-47(50)64-57(55)58(54)66)31-51(67-52)36-18-14-13-15-19-36/h13-27,30-35,64-65H,28-29H2,1-12H3. The third kappa shape index (κ3) is 6.34. The summed E-state index contributed by atoms with van der Waals surface area (Å²) >= 11 is 1.91. The molecular formula is C63H63BN2S. The molecule has 3 aliphatic rings. The molecule has 0 saturated carbocycles. The zero-order chi connectivity index (χ0) is 46.7. The summed E-state index contributed by atoms with van der Waals surface area (Å²) in [5, 5.41) is 8.23. The Morgan fingerprint density at radius 2 is 1.27 bits per heavy atom. The first-order valence-corrected chi connectivity index (χ1v) is 25.5. The molecule has 0 radical (unpaired) electrons. The van der Waals surface area contributed by atoms with E-state index in [1.54, 1.807) is 0 Å². The zero-order valence-electron chi connectivity index (χ0n) is 41.6. The number of nitrogens with one attached hydrogen (secondary N) is 1. The van der Waals surface area contributed by atoms with Crippen molar-refractivity contribution in [1.82, 2.24) is 4.57 Å². The summed E-state index contributed by atoms with van der Waals surface area (Å²) in [6.07, 6.45) is 2.32. The molecule has 0 amide bonds. The maximum Gasteiger partial charge on any atom is 0.198 e. The fraction of sp³-hybridized carbons (Fsp3) is 0.302. The van der Waals surface area contributed by atoms with Crippen LogP contribution < -0.4 is 16.2 Å². The van der Waals surface area contributed by atoms with Gasteiger partial charge in [0.2, 0.25) is 0 Å². The highest BCUT2D eigenvalue weighted by Gasteiger charge is 2.45. The van der Waals surface area contributed by atoms with Crippen LogP contribution in [0.2, 0.25) is 0 Å². The van der Waals surface area contributed by atoms with Crippen LogP contribution in [0.3, 0.4) is 0 Å². The Kier molecular flexibility index (Phi) is 8.95. The fourth-order valence-corrected chi connectivity index (χ4v) is 13.4. The van der Waals surface area contributed by atoms with Crippen LogP contribution in [-0.4, -0.2) is 11.8 Å². The van der Waals surface area contributed by atoms with Crippen molar-refractivity contribution in [1.29, 1.82) is 0 Å². The number of hydrogen-bond acceptors (Lipinski definition) is 2. The van der Waals surface area contributed by atoms with E-state index in [0.29, 0.717) is 0 Å². The lowest BCUT2D eigenvalue weighted by Crippen LogP contribution is -2.39. The van der Waals surface area contributed by atoms with E-state index in [-0.39, 0.29) is 27.1 Å². The van der Waals surface area contributed by atoms with E-state index in [2.05, 4.69) is 220 Å². The Morgan fingerprint density at radius 3 is 1.97 bits per heavy atom. The number of fused-ring (bicyclic) bond motifs is 11. The van der Waals surface area contributed by atoms with Crippen molar-refractivity contribution in [2.24, 2.45) is 0 Å². The van der Waals surface area contributed by atoms with Gasteiger partial charge in [-0.3, -0.25) is 0 Å². The second-order valence-corrected chi connectivity index (χ2v) is 25.2. The molecular weight excluding hydrogens is 828 g/mol. The lowest BCUT2D eigenvalue weighted by Gasteiger charge is -2.43. The van der Waals surface area contributed by atoms with Crippen molar-refractivity contribution >= 4 is 72.8 Å². The van der Waals surface area contributed by atoms with Crippen molar-refractivity contribution in [3.63, 3.8) is 0 Å². The predicted molar refractivity (Wildman–Crippen MR) is 293 cm³/mol.